The summed E-state index contributed by atoms with van der Waals surface area (Å²) in [5, 5.41) is 11.7. The summed E-state index contributed by atoms with van der Waals surface area (Å²) in [6.07, 6.45) is 1.44. The number of nitro benzene ring substituents is 1. The van der Waals surface area contributed by atoms with E-state index < -0.39 is 4.92 Å². The molecular formula is C15H11N3O3. The molecule has 3 aromatic rings. The summed E-state index contributed by atoms with van der Waals surface area (Å²) in [4.78, 5) is 19.0. The molecular weight excluding hydrogens is 270 g/mol. The number of non-ortho nitro benzene ring substituents is 1. The molecule has 0 aliphatic heterocycles. The van der Waals surface area contributed by atoms with Crippen LogP contribution in [0.15, 0.2) is 48.8 Å². The molecule has 0 unspecified atom stereocenters. The zero-order valence-corrected chi connectivity index (χ0v) is 11.2. The molecule has 0 saturated heterocycles. The van der Waals surface area contributed by atoms with E-state index in [0.29, 0.717) is 17.0 Å². The van der Waals surface area contributed by atoms with Gasteiger partial charge in [-0.1, -0.05) is 18.2 Å². The van der Waals surface area contributed by atoms with Crippen LogP contribution in [0.2, 0.25) is 0 Å². The predicted molar refractivity (Wildman–Crippen MR) is 78.2 cm³/mol. The van der Waals surface area contributed by atoms with E-state index in [2.05, 4.69) is 9.97 Å². The Morgan fingerprint density at radius 2 is 1.95 bits per heavy atom. The normalized spacial score (nSPS) is 10.5. The zero-order valence-electron chi connectivity index (χ0n) is 11.2. The maximum absolute atomic E-state index is 10.9. The van der Waals surface area contributed by atoms with E-state index in [4.69, 9.17) is 4.74 Å². The van der Waals surface area contributed by atoms with Gasteiger partial charge < -0.3 is 4.74 Å². The van der Waals surface area contributed by atoms with Crippen LogP contribution in [0, 0.1) is 10.1 Å². The van der Waals surface area contributed by atoms with Crippen LogP contribution < -0.4 is 4.74 Å². The zero-order chi connectivity index (χ0) is 14.8. The molecule has 6 nitrogen and oxygen atoms in total. The van der Waals surface area contributed by atoms with E-state index in [9.17, 15) is 10.1 Å². The molecule has 0 saturated carbocycles. The van der Waals surface area contributed by atoms with Gasteiger partial charge in [-0.2, -0.15) is 0 Å². The summed E-state index contributed by atoms with van der Waals surface area (Å²) in [6.45, 7) is 0. The first kappa shape index (κ1) is 13.0. The molecule has 2 aromatic carbocycles. The fourth-order valence-corrected chi connectivity index (χ4v) is 2.23. The van der Waals surface area contributed by atoms with Gasteiger partial charge in [0.15, 0.2) is 0 Å². The van der Waals surface area contributed by atoms with Crippen molar-refractivity contribution >= 4 is 16.6 Å². The van der Waals surface area contributed by atoms with Crippen molar-refractivity contribution < 1.29 is 9.66 Å². The number of ether oxygens (including phenoxy) is 1. The van der Waals surface area contributed by atoms with Crippen LogP contribution in [0.5, 0.6) is 5.75 Å². The highest BCUT2D eigenvalue weighted by molar-refractivity contribution is 5.97. The molecule has 1 heterocycles. The van der Waals surface area contributed by atoms with Gasteiger partial charge in [0.25, 0.3) is 5.69 Å². The third kappa shape index (κ3) is 2.27. The Kier molecular flexibility index (Phi) is 3.19. The summed E-state index contributed by atoms with van der Waals surface area (Å²) in [5.74, 6) is 0.634. The van der Waals surface area contributed by atoms with Crippen LogP contribution in [0.25, 0.3) is 22.2 Å². The van der Waals surface area contributed by atoms with E-state index >= 15 is 0 Å². The molecule has 0 fully saturated rings. The Labute approximate surface area is 120 Å². The van der Waals surface area contributed by atoms with Crippen molar-refractivity contribution in [2.45, 2.75) is 0 Å². The second-order valence-corrected chi connectivity index (χ2v) is 4.38. The molecule has 0 amide bonds. The van der Waals surface area contributed by atoms with Gasteiger partial charge in [0.2, 0.25) is 0 Å². The van der Waals surface area contributed by atoms with Gasteiger partial charge in [-0.05, 0) is 12.1 Å². The fourth-order valence-electron chi connectivity index (χ4n) is 2.23. The molecule has 0 spiro atoms. The van der Waals surface area contributed by atoms with Gasteiger partial charge in [0.1, 0.15) is 12.1 Å². The van der Waals surface area contributed by atoms with Crippen molar-refractivity contribution in [3.05, 3.63) is 58.9 Å². The highest BCUT2D eigenvalue weighted by atomic mass is 16.6. The minimum absolute atomic E-state index is 0.0224. The van der Waals surface area contributed by atoms with Crippen molar-refractivity contribution in [1.82, 2.24) is 9.97 Å². The van der Waals surface area contributed by atoms with E-state index in [1.165, 1.54) is 18.5 Å². The Morgan fingerprint density at radius 1 is 1.14 bits per heavy atom. The molecule has 0 atom stereocenters. The molecule has 0 aliphatic carbocycles. The Morgan fingerprint density at radius 3 is 2.71 bits per heavy atom. The topological polar surface area (TPSA) is 78.2 Å². The predicted octanol–water partition coefficient (Wildman–Crippen LogP) is 3.21. The highest BCUT2D eigenvalue weighted by Crippen LogP contribution is 2.33. The van der Waals surface area contributed by atoms with Gasteiger partial charge in [-0.15, -0.1) is 0 Å². The lowest BCUT2D eigenvalue weighted by Gasteiger charge is -2.09. The minimum Gasteiger partial charge on any atom is -0.496 e. The van der Waals surface area contributed by atoms with Crippen LogP contribution in [-0.4, -0.2) is 22.0 Å². The molecule has 0 N–H and O–H groups in total. The maximum atomic E-state index is 10.9. The molecule has 1 aromatic heterocycles. The number of fused-ring (bicyclic) bond motifs is 1. The van der Waals surface area contributed by atoms with Gasteiger partial charge in [-0.3, -0.25) is 10.1 Å². The quantitative estimate of drug-likeness (QED) is 0.544. The second-order valence-electron chi connectivity index (χ2n) is 4.38. The van der Waals surface area contributed by atoms with Gasteiger partial charge >= 0.3 is 0 Å². The van der Waals surface area contributed by atoms with Crippen molar-refractivity contribution in [2.24, 2.45) is 0 Å². The number of rotatable bonds is 3. The number of nitro groups is 1. The summed E-state index contributed by atoms with van der Waals surface area (Å²) in [5.41, 5.74) is 2.02. The molecule has 104 valence electrons. The van der Waals surface area contributed by atoms with Crippen molar-refractivity contribution in [1.29, 1.82) is 0 Å². The lowest BCUT2D eigenvalue weighted by Crippen LogP contribution is -1.94. The molecule has 0 aliphatic rings. The second kappa shape index (κ2) is 5.16. The summed E-state index contributed by atoms with van der Waals surface area (Å²) < 4.78 is 5.35. The molecule has 6 heteroatoms. The monoisotopic (exact) mass is 281 g/mol. The summed E-state index contributed by atoms with van der Waals surface area (Å²) in [6, 6.07) is 11.9. The standard InChI is InChI=1S/C15H11N3O3/c1-21-13-7-3-6-12-14(13)15(17-9-16-12)10-4-2-5-11(8-10)18(19)20/h2-9H,1H3. The van der Waals surface area contributed by atoms with Crippen LogP contribution in [0.4, 0.5) is 5.69 Å². The van der Waals surface area contributed by atoms with E-state index in [0.717, 1.165) is 10.9 Å². The lowest BCUT2D eigenvalue weighted by atomic mass is 10.1. The van der Waals surface area contributed by atoms with E-state index in [1.54, 1.807) is 19.2 Å². The van der Waals surface area contributed by atoms with E-state index in [-0.39, 0.29) is 5.69 Å². The third-order valence-electron chi connectivity index (χ3n) is 3.18. The number of benzene rings is 2. The van der Waals surface area contributed by atoms with Gasteiger partial charge in [0, 0.05) is 17.7 Å². The number of nitrogens with zero attached hydrogens (tertiary/aromatic N) is 3. The first-order valence-electron chi connectivity index (χ1n) is 6.23. The average Bonchev–Trinajstić information content (AvgIpc) is 2.53. The minimum atomic E-state index is -0.426. The summed E-state index contributed by atoms with van der Waals surface area (Å²) in [7, 11) is 1.57. The van der Waals surface area contributed by atoms with Crippen LogP contribution in [-0.2, 0) is 0 Å². The number of hydrogen-bond donors (Lipinski definition) is 0. The number of methoxy groups -OCH3 is 1. The van der Waals surface area contributed by atoms with Crippen LogP contribution in [0.1, 0.15) is 0 Å². The molecule has 3 rings (SSSR count). The first-order chi connectivity index (χ1) is 10.2. The largest absolute Gasteiger partial charge is 0.496 e. The number of hydrogen-bond acceptors (Lipinski definition) is 5. The molecule has 21 heavy (non-hydrogen) atoms. The van der Waals surface area contributed by atoms with Crippen LogP contribution >= 0.6 is 0 Å². The fraction of sp³-hybridized carbons (Fsp3) is 0.0667. The maximum Gasteiger partial charge on any atom is 0.270 e. The van der Waals surface area contributed by atoms with Crippen LogP contribution in [0.3, 0.4) is 0 Å². The van der Waals surface area contributed by atoms with Gasteiger partial charge in [0.05, 0.1) is 28.6 Å². The highest BCUT2D eigenvalue weighted by Gasteiger charge is 2.13. The average molecular weight is 281 g/mol. The van der Waals surface area contributed by atoms with Crippen molar-refractivity contribution in [3.8, 4) is 17.0 Å². The Balaban J connectivity index is 2.30. The smallest absolute Gasteiger partial charge is 0.270 e. The number of aromatic nitrogens is 2. The van der Waals surface area contributed by atoms with E-state index in [1.807, 2.05) is 18.2 Å². The Bertz CT molecular complexity index is 828. The van der Waals surface area contributed by atoms with Crippen molar-refractivity contribution in [2.75, 3.05) is 7.11 Å². The molecule has 0 bridgehead atoms. The van der Waals surface area contributed by atoms with Crippen molar-refractivity contribution in [3.63, 3.8) is 0 Å². The third-order valence-corrected chi connectivity index (χ3v) is 3.18. The molecule has 0 radical (unpaired) electrons. The SMILES string of the molecule is COc1cccc2ncnc(-c3cccc([N+](=O)[O-])c3)c12. The Hall–Kier alpha value is -3.02. The summed E-state index contributed by atoms with van der Waals surface area (Å²) >= 11 is 0. The van der Waals surface area contributed by atoms with Gasteiger partial charge in [-0.25, -0.2) is 9.97 Å². The lowest BCUT2D eigenvalue weighted by molar-refractivity contribution is -0.384. The first-order valence-corrected chi connectivity index (χ1v) is 6.23.